The van der Waals surface area contributed by atoms with Crippen molar-refractivity contribution in [1.29, 1.82) is 0 Å². The number of carbonyl (C=O) groups excluding carboxylic acids is 1. The molecule has 0 aliphatic carbocycles. The lowest BCUT2D eigenvalue weighted by molar-refractivity contribution is 0.102. The van der Waals surface area contributed by atoms with Gasteiger partial charge in [0.1, 0.15) is 33.6 Å². The summed E-state index contributed by atoms with van der Waals surface area (Å²) < 4.78 is 48.9. The standard InChI is InChI=1S/C25H24N2O7S/c1-31-17-9-5-15(6-10-17)26-22-23(28)21-19(33-3)13-14-20(34-4)24(21)35(29,30)25(22)27-16-7-11-18(32-2)12-8-16/h5-14,26-27H,1-4H3. The molecule has 0 amide bonds. The van der Waals surface area contributed by atoms with E-state index in [0.29, 0.717) is 22.9 Å². The van der Waals surface area contributed by atoms with Crippen LogP contribution in [0.2, 0.25) is 0 Å². The first kappa shape index (κ1) is 24.0. The fourth-order valence-corrected chi connectivity index (χ4v) is 5.44. The van der Waals surface area contributed by atoms with Crippen molar-refractivity contribution in [1.82, 2.24) is 0 Å². The molecule has 0 atom stereocenters. The van der Waals surface area contributed by atoms with Gasteiger partial charge in [0.05, 0.1) is 34.0 Å². The molecule has 3 aromatic rings. The van der Waals surface area contributed by atoms with Gasteiger partial charge in [0.25, 0.3) is 0 Å². The third kappa shape index (κ3) is 4.35. The summed E-state index contributed by atoms with van der Waals surface area (Å²) in [5, 5.41) is 5.56. The Labute approximate surface area is 203 Å². The highest BCUT2D eigenvalue weighted by Gasteiger charge is 2.42. The molecule has 0 radical (unpaired) electrons. The van der Waals surface area contributed by atoms with Gasteiger partial charge in [-0.05, 0) is 60.7 Å². The molecule has 0 unspecified atom stereocenters. The zero-order chi connectivity index (χ0) is 25.2. The van der Waals surface area contributed by atoms with Crippen molar-refractivity contribution in [2.45, 2.75) is 4.90 Å². The Hall–Kier alpha value is -4.18. The van der Waals surface area contributed by atoms with Crippen molar-refractivity contribution >= 4 is 27.0 Å². The molecule has 4 rings (SSSR count). The molecule has 1 aliphatic rings. The highest BCUT2D eigenvalue weighted by Crippen LogP contribution is 2.43. The molecule has 0 fully saturated rings. The molecule has 35 heavy (non-hydrogen) atoms. The third-order valence-electron chi connectivity index (χ3n) is 5.45. The van der Waals surface area contributed by atoms with Gasteiger partial charge in [-0.3, -0.25) is 4.79 Å². The maximum atomic E-state index is 13.9. The van der Waals surface area contributed by atoms with E-state index >= 15 is 0 Å². The predicted molar refractivity (Wildman–Crippen MR) is 131 cm³/mol. The molecule has 1 aliphatic heterocycles. The van der Waals surface area contributed by atoms with Crippen molar-refractivity contribution < 1.29 is 32.2 Å². The van der Waals surface area contributed by atoms with E-state index in [1.54, 1.807) is 48.5 Å². The molecule has 0 aromatic heterocycles. The van der Waals surface area contributed by atoms with Gasteiger partial charge in [-0.2, -0.15) is 0 Å². The first-order chi connectivity index (χ1) is 16.8. The van der Waals surface area contributed by atoms with E-state index in [1.165, 1.54) is 40.6 Å². The monoisotopic (exact) mass is 496 g/mol. The Morgan fingerprint density at radius 1 is 0.629 bits per heavy atom. The molecule has 2 N–H and O–H groups in total. The number of rotatable bonds is 8. The first-order valence-electron chi connectivity index (χ1n) is 10.4. The fourth-order valence-electron chi connectivity index (χ4n) is 3.69. The molecule has 0 bridgehead atoms. The minimum Gasteiger partial charge on any atom is -0.497 e. The number of Topliss-reactive ketones (excluding diaryl/α,β-unsaturated/α-hetero) is 1. The topological polar surface area (TPSA) is 112 Å². The van der Waals surface area contributed by atoms with Crippen molar-refractivity contribution in [2.24, 2.45) is 0 Å². The summed E-state index contributed by atoms with van der Waals surface area (Å²) in [7, 11) is 1.51. The molecule has 182 valence electrons. The molecule has 9 nitrogen and oxygen atoms in total. The molecule has 0 saturated carbocycles. The van der Waals surface area contributed by atoms with E-state index < -0.39 is 15.6 Å². The van der Waals surface area contributed by atoms with Crippen LogP contribution in [0, 0.1) is 0 Å². The maximum absolute atomic E-state index is 13.9. The quantitative estimate of drug-likeness (QED) is 0.476. The highest BCUT2D eigenvalue weighted by molar-refractivity contribution is 7.95. The minimum absolute atomic E-state index is 0.0340. The van der Waals surface area contributed by atoms with Crippen LogP contribution in [0.4, 0.5) is 11.4 Å². The van der Waals surface area contributed by atoms with E-state index in [4.69, 9.17) is 18.9 Å². The summed E-state index contributed by atoms with van der Waals surface area (Å²) in [6.07, 6.45) is 0. The van der Waals surface area contributed by atoms with E-state index in [0.717, 1.165) is 0 Å². The average molecular weight is 497 g/mol. The third-order valence-corrected chi connectivity index (χ3v) is 7.24. The van der Waals surface area contributed by atoms with Crippen molar-refractivity contribution in [3.8, 4) is 23.0 Å². The SMILES string of the molecule is COc1ccc(NC2=C(Nc3ccc(OC)cc3)S(=O)(=O)c3c(OC)ccc(OC)c3C2=O)cc1. The second-order valence-corrected chi connectivity index (χ2v) is 9.24. The Balaban J connectivity index is 1.92. The van der Waals surface area contributed by atoms with Crippen LogP contribution >= 0.6 is 0 Å². The zero-order valence-corrected chi connectivity index (χ0v) is 20.4. The highest BCUT2D eigenvalue weighted by atomic mass is 32.2. The number of fused-ring (bicyclic) bond motifs is 1. The van der Waals surface area contributed by atoms with Gasteiger partial charge in [-0.25, -0.2) is 8.42 Å². The van der Waals surface area contributed by atoms with Crippen LogP contribution < -0.4 is 29.6 Å². The van der Waals surface area contributed by atoms with Gasteiger partial charge >= 0.3 is 0 Å². The number of nitrogens with one attached hydrogen (secondary N) is 2. The number of carbonyl (C=O) groups is 1. The minimum atomic E-state index is -4.26. The summed E-state index contributed by atoms with van der Waals surface area (Å²) in [4.78, 5) is 13.5. The fraction of sp³-hybridized carbons (Fsp3) is 0.160. The molecule has 3 aromatic carbocycles. The number of hydrogen-bond donors (Lipinski definition) is 2. The molecule has 1 heterocycles. The van der Waals surface area contributed by atoms with Crippen LogP contribution in [0.3, 0.4) is 0 Å². The number of ether oxygens (including phenoxy) is 4. The molecular formula is C25H24N2O7S. The number of benzene rings is 3. The number of sulfone groups is 1. The van der Waals surface area contributed by atoms with Crippen LogP contribution in [0.1, 0.15) is 10.4 Å². The second-order valence-electron chi connectivity index (χ2n) is 7.42. The first-order valence-corrected chi connectivity index (χ1v) is 11.9. The van der Waals surface area contributed by atoms with Gasteiger partial charge in [0.15, 0.2) is 5.03 Å². The number of hydrogen-bond acceptors (Lipinski definition) is 9. The summed E-state index contributed by atoms with van der Waals surface area (Å²) in [5.74, 6) is 0.789. The molecule has 0 spiro atoms. The van der Waals surface area contributed by atoms with Crippen LogP contribution in [0.5, 0.6) is 23.0 Å². The van der Waals surface area contributed by atoms with E-state index in [1.807, 2.05) is 0 Å². The van der Waals surface area contributed by atoms with Gasteiger partial charge in [-0.15, -0.1) is 0 Å². The van der Waals surface area contributed by atoms with E-state index in [-0.39, 0.29) is 32.7 Å². The van der Waals surface area contributed by atoms with Crippen LogP contribution in [0.15, 0.2) is 76.3 Å². The Morgan fingerprint density at radius 2 is 1.11 bits per heavy atom. The maximum Gasteiger partial charge on any atom is 0.228 e. The predicted octanol–water partition coefficient (Wildman–Crippen LogP) is 4.08. The smallest absolute Gasteiger partial charge is 0.228 e. The number of allylic oxidation sites excluding steroid dienone is 1. The zero-order valence-electron chi connectivity index (χ0n) is 19.5. The summed E-state index contributed by atoms with van der Waals surface area (Å²) >= 11 is 0. The average Bonchev–Trinajstić information content (AvgIpc) is 2.89. The Kier molecular flexibility index (Phi) is 6.57. The van der Waals surface area contributed by atoms with Gasteiger partial charge in [0.2, 0.25) is 15.6 Å². The lowest BCUT2D eigenvalue weighted by Crippen LogP contribution is -2.30. The normalized spacial score (nSPS) is 14.1. The second kappa shape index (κ2) is 9.59. The molecule has 0 saturated heterocycles. The summed E-state index contributed by atoms with van der Waals surface area (Å²) in [6.45, 7) is 0. The number of methoxy groups -OCH3 is 4. The van der Waals surface area contributed by atoms with Gasteiger partial charge in [-0.1, -0.05) is 0 Å². The van der Waals surface area contributed by atoms with Crippen molar-refractivity contribution in [3.63, 3.8) is 0 Å². The Morgan fingerprint density at radius 3 is 1.60 bits per heavy atom. The molecular weight excluding hydrogens is 472 g/mol. The van der Waals surface area contributed by atoms with Crippen molar-refractivity contribution in [3.05, 3.63) is 77.0 Å². The summed E-state index contributed by atoms with van der Waals surface area (Å²) in [6, 6.07) is 16.3. The van der Waals surface area contributed by atoms with Gasteiger partial charge in [0, 0.05) is 11.4 Å². The van der Waals surface area contributed by atoms with Gasteiger partial charge < -0.3 is 29.6 Å². The van der Waals surface area contributed by atoms with E-state index in [2.05, 4.69) is 10.6 Å². The Bertz CT molecular complexity index is 1400. The van der Waals surface area contributed by atoms with E-state index in [9.17, 15) is 13.2 Å². The van der Waals surface area contributed by atoms with Crippen LogP contribution in [0.25, 0.3) is 0 Å². The molecule has 10 heteroatoms. The van der Waals surface area contributed by atoms with Crippen molar-refractivity contribution in [2.75, 3.05) is 39.1 Å². The number of anilines is 2. The summed E-state index contributed by atoms with van der Waals surface area (Å²) in [5.41, 5.74) is 0.661. The largest absolute Gasteiger partial charge is 0.497 e. The number of ketones is 1. The van der Waals surface area contributed by atoms with Crippen LogP contribution in [-0.2, 0) is 9.84 Å². The lowest BCUT2D eigenvalue weighted by Gasteiger charge is -2.26. The van der Waals surface area contributed by atoms with Crippen LogP contribution in [-0.4, -0.2) is 42.6 Å². The lowest BCUT2D eigenvalue weighted by atomic mass is 10.1.